The molecule has 6 heteroatoms. The number of nitrogens with one attached hydrogen (secondary N) is 1. The fourth-order valence-corrected chi connectivity index (χ4v) is 2.40. The molecule has 2 aromatic rings. The first-order valence-electron chi connectivity index (χ1n) is 6.83. The van der Waals surface area contributed by atoms with Crippen LogP contribution in [0, 0.1) is 6.92 Å². The zero-order chi connectivity index (χ0) is 15.0. The Bertz CT molecular complexity index is 693. The molecule has 1 aliphatic heterocycles. The topological polar surface area (TPSA) is 59.4 Å². The number of amides is 1. The number of hydrogen-bond acceptors (Lipinski definition) is 4. The lowest BCUT2D eigenvalue weighted by Gasteiger charge is -2.26. The molecular formula is C15H18N4O2. The molecule has 0 fully saturated rings. The van der Waals surface area contributed by atoms with Gasteiger partial charge in [0.05, 0.1) is 17.1 Å². The Kier molecular flexibility index (Phi) is 3.39. The Morgan fingerprint density at radius 3 is 3.00 bits per heavy atom. The summed E-state index contributed by atoms with van der Waals surface area (Å²) in [5.41, 5.74) is 3.86. The molecule has 21 heavy (non-hydrogen) atoms. The molecule has 1 aromatic heterocycles. The molecule has 1 aliphatic rings. The molecule has 0 spiro atoms. The lowest BCUT2D eigenvalue weighted by atomic mass is 10.2. The van der Waals surface area contributed by atoms with Gasteiger partial charge in [-0.1, -0.05) is 0 Å². The SMILES string of the molecule is CNCc1cn(-c2ccc3c(c2)OCC(=O)N3C)nc1C. The monoisotopic (exact) mass is 286 g/mol. The third-order valence-electron chi connectivity index (χ3n) is 3.66. The Hall–Kier alpha value is -2.34. The summed E-state index contributed by atoms with van der Waals surface area (Å²) in [5, 5.41) is 7.65. The predicted molar refractivity (Wildman–Crippen MR) is 80.0 cm³/mol. The van der Waals surface area contributed by atoms with Crippen molar-refractivity contribution in [1.29, 1.82) is 0 Å². The minimum atomic E-state index is -0.0403. The number of rotatable bonds is 3. The van der Waals surface area contributed by atoms with E-state index in [1.807, 2.05) is 43.0 Å². The minimum absolute atomic E-state index is 0.0403. The number of ether oxygens (including phenoxy) is 1. The van der Waals surface area contributed by atoms with E-state index in [9.17, 15) is 4.79 Å². The molecule has 0 radical (unpaired) electrons. The highest BCUT2D eigenvalue weighted by Gasteiger charge is 2.22. The molecule has 2 heterocycles. The van der Waals surface area contributed by atoms with Crippen LogP contribution in [0.4, 0.5) is 5.69 Å². The van der Waals surface area contributed by atoms with Crippen molar-refractivity contribution in [1.82, 2.24) is 15.1 Å². The van der Waals surface area contributed by atoms with Gasteiger partial charge in [-0.15, -0.1) is 0 Å². The Labute approximate surface area is 123 Å². The van der Waals surface area contributed by atoms with E-state index < -0.39 is 0 Å². The van der Waals surface area contributed by atoms with Crippen LogP contribution < -0.4 is 15.0 Å². The Morgan fingerprint density at radius 2 is 2.24 bits per heavy atom. The first-order valence-corrected chi connectivity index (χ1v) is 6.83. The number of benzene rings is 1. The molecule has 0 saturated carbocycles. The third kappa shape index (κ3) is 2.38. The van der Waals surface area contributed by atoms with Gasteiger partial charge in [-0.3, -0.25) is 4.79 Å². The number of fused-ring (bicyclic) bond motifs is 1. The number of nitrogens with zero attached hydrogens (tertiary/aromatic N) is 3. The summed E-state index contributed by atoms with van der Waals surface area (Å²) in [6, 6.07) is 5.73. The number of aryl methyl sites for hydroxylation is 1. The van der Waals surface area contributed by atoms with E-state index in [2.05, 4.69) is 10.4 Å². The third-order valence-corrected chi connectivity index (χ3v) is 3.66. The van der Waals surface area contributed by atoms with Crippen molar-refractivity contribution >= 4 is 11.6 Å². The van der Waals surface area contributed by atoms with Gasteiger partial charge in [-0.05, 0) is 26.1 Å². The average Bonchev–Trinajstić information content (AvgIpc) is 2.84. The van der Waals surface area contributed by atoms with Crippen LogP contribution in [-0.4, -0.2) is 36.4 Å². The largest absolute Gasteiger partial charge is 0.481 e. The fraction of sp³-hybridized carbons (Fsp3) is 0.333. The van der Waals surface area contributed by atoms with Crippen LogP contribution in [0.15, 0.2) is 24.4 Å². The second kappa shape index (κ2) is 5.21. The second-order valence-electron chi connectivity index (χ2n) is 5.11. The molecule has 0 atom stereocenters. The molecule has 3 rings (SSSR count). The molecule has 6 nitrogen and oxygen atoms in total. The van der Waals surface area contributed by atoms with E-state index >= 15 is 0 Å². The fourth-order valence-electron chi connectivity index (χ4n) is 2.40. The van der Waals surface area contributed by atoms with E-state index in [0.717, 1.165) is 29.2 Å². The summed E-state index contributed by atoms with van der Waals surface area (Å²) in [7, 11) is 3.67. The number of aromatic nitrogens is 2. The highest BCUT2D eigenvalue weighted by molar-refractivity contribution is 5.97. The van der Waals surface area contributed by atoms with Crippen molar-refractivity contribution in [3.05, 3.63) is 35.7 Å². The summed E-state index contributed by atoms with van der Waals surface area (Å²) >= 11 is 0. The molecule has 0 bridgehead atoms. The molecule has 0 unspecified atom stereocenters. The molecule has 0 aliphatic carbocycles. The number of anilines is 1. The standard InChI is InChI=1S/C15H18N4O2/c1-10-11(7-16-2)8-19(17-10)12-4-5-13-14(6-12)21-9-15(20)18(13)3/h4-6,8,16H,7,9H2,1-3H3. The van der Waals surface area contributed by atoms with Crippen LogP contribution in [0.5, 0.6) is 5.75 Å². The van der Waals surface area contributed by atoms with Gasteiger partial charge in [0.1, 0.15) is 5.75 Å². The first kappa shape index (κ1) is 13.6. The van der Waals surface area contributed by atoms with Gasteiger partial charge in [-0.25, -0.2) is 4.68 Å². The molecular weight excluding hydrogens is 268 g/mol. The van der Waals surface area contributed by atoms with E-state index in [-0.39, 0.29) is 12.5 Å². The predicted octanol–water partition coefficient (Wildman–Crippen LogP) is 1.26. The second-order valence-corrected chi connectivity index (χ2v) is 5.11. The van der Waals surface area contributed by atoms with E-state index in [4.69, 9.17) is 4.74 Å². The van der Waals surface area contributed by atoms with Gasteiger partial charge in [0.15, 0.2) is 6.61 Å². The van der Waals surface area contributed by atoms with Crippen molar-refractivity contribution in [3.63, 3.8) is 0 Å². The first-order chi connectivity index (χ1) is 10.1. The summed E-state index contributed by atoms with van der Waals surface area (Å²) in [4.78, 5) is 13.2. The quantitative estimate of drug-likeness (QED) is 0.922. The van der Waals surface area contributed by atoms with Crippen molar-refractivity contribution in [3.8, 4) is 11.4 Å². The maximum absolute atomic E-state index is 11.6. The Morgan fingerprint density at radius 1 is 1.43 bits per heavy atom. The highest BCUT2D eigenvalue weighted by atomic mass is 16.5. The zero-order valence-corrected chi connectivity index (χ0v) is 12.4. The van der Waals surface area contributed by atoms with Crippen molar-refractivity contribution < 1.29 is 9.53 Å². The van der Waals surface area contributed by atoms with Crippen molar-refractivity contribution in [2.45, 2.75) is 13.5 Å². The van der Waals surface area contributed by atoms with Crippen LogP contribution in [0.3, 0.4) is 0 Å². The Balaban J connectivity index is 1.97. The average molecular weight is 286 g/mol. The molecule has 1 amide bonds. The molecule has 1 N–H and O–H groups in total. The van der Waals surface area contributed by atoms with Crippen LogP contribution in [-0.2, 0) is 11.3 Å². The minimum Gasteiger partial charge on any atom is -0.481 e. The lowest BCUT2D eigenvalue weighted by molar-refractivity contribution is -0.120. The van der Waals surface area contributed by atoms with Crippen molar-refractivity contribution in [2.75, 3.05) is 25.6 Å². The van der Waals surface area contributed by atoms with Crippen LogP contribution >= 0.6 is 0 Å². The normalized spacial score (nSPS) is 14.0. The molecule has 1 aromatic carbocycles. The molecule has 0 saturated heterocycles. The summed E-state index contributed by atoms with van der Waals surface area (Å²) in [6.45, 7) is 2.85. The maximum Gasteiger partial charge on any atom is 0.264 e. The number of carbonyl (C=O) groups is 1. The van der Waals surface area contributed by atoms with E-state index in [1.165, 1.54) is 0 Å². The van der Waals surface area contributed by atoms with Gasteiger partial charge < -0.3 is 15.0 Å². The van der Waals surface area contributed by atoms with E-state index in [1.54, 1.807) is 11.9 Å². The lowest BCUT2D eigenvalue weighted by Crippen LogP contribution is -2.35. The summed E-state index contributed by atoms with van der Waals surface area (Å²) in [5.74, 6) is 0.666. The number of hydrogen-bond donors (Lipinski definition) is 1. The summed E-state index contributed by atoms with van der Waals surface area (Å²) < 4.78 is 7.34. The maximum atomic E-state index is 11.6. The number of likely N-dealkylation sites (N-methyl/N-ethyl adjacent to an activating group) is 1. The van der Waals surface area contributed by atoms with Crippen molar-refractivity contribution in [2.24, 2.45) is 0 Å². The van der Waals surface area contributed by atoms with Gasteiger partial charge in [0.25, 0.3) is 5.91 Å². The highest BCUT2D eigenvalue weighted by Crippen LogP contribution is 2.33. The van der Waals surface area contributed by atoms with Gasteiger partial charge in [-0.2, -0.15) is 5.10 Å². The van der Waals surface area contributed by atoms with Gasteiger partial charge in [0.2, 0.25) is 0 Å². The van der Waals surface area contributed by atoms with Gasteiger partial charge >= 0.3 is 0 Å². The summed E-state index contributed by atoms with van der Waals surface area (Å²) in [6.07, 6.45) is 2.01. The molecule has 110 valence electrons. The van der Waals surface area contributed by atoms with Crippen LogP contribution in [0.2, 0.25) is 0 Å². The van der Waals surface area contributed by atoms with Gasteiger partial charge in [0, 0.05) is 31.4 Å². The smallest absolute Gasteiger partial charge is 0.264 e. The van der Waals surface area contributed by atoms with Crippen LogP contribution in [0.1, 0.15) is 11.3 Å². The number of carbonyl (C=O) groups excluding carboxylic acids is 1. The zero-order valence-electron chi connectivity index (χ0n) is 12.4. The van der Waals surface area contributed by atoms with Crippen LogP contribution in [0.25, 0.3) is 5.69 Å². The van der Waals surface area contributed by atoms with E-state index in [0.29, 0.717) is 5.75 Å².